The number of aromatic hydroxyl groups is 1. The van der Waals surface area contributed by atoms with Crippen molar-refractivity contribution in [3.63, 3.8) is 0 Å². The van der Waals surface area contributed by atoms with Crippen molar-refractivity contribution >= 4 is 17.0 Å². The molecule has 0 fully saturated rings. The van der Waals surface area contributed by atoms with E-state index in [-0.39, 0.29) is 22.5 Å². The van der Waals surface area contributed by atoms with Crippen LogP contribution in [0.2, 0.25) is 0 Å². The number of carboxylic acid groups (broad SMARTS) is 1. The molecule has 0 saturated carbocycles. The van der Waals surface area contributed by atoms with Gasteiger partial charge in [0.1, 0.15) is 11.4 Å². The van der Waals surface area contributed by atoms with Crippen LogP contribution in [0.4, 0.5) is 0 Å². The maximum Gasteiger partial charge on any atom is 0.357 e. The summed E-state index contributed by atoms with van der Waals surface area (Å²) in [5.41, 5.74) is -0.537. The number of carboxylic acids is 1. The first-order valence-electron chi connectivity index (χ1n) is 6.11. The number of hydrogen-bond donors (Lipinski definition) is 3. The minimum Gasteiger partial charge on any atom is -0.507 e. The zero-order valence-corrected chi connectivity index (χ0v) is 11.3. The molecule has 2 heterocycles. The Bertz CT molecular complexity index is 701. The SMILES string of the molecule is CN(C)CCCn1nc(C(=O)O)c2c(O)cc(=O)[nH]c21. The maximum absolute atomic E-state index is 11.4. The fourth-order valence-electron chi connectivity index (χ4n) is 2.03. The molecule has 8 heteroatoms. The van der Waals surface area contributed by atoms with Crippen LogP contribution in [0, 0.1) is 0 Å². The number of aryl methyl sites for hydroxylation is 1. The Morgan fingerprint density at radius 1 is 1.50 bits per heavy atom. The molecule has 0 aliphatic rings. The van der Waals surface area contributed by atoms with Gasteiger partial charge in [0.05, 0.1) is 5.39 Å². The minimum absolute atomic E-state index is 0.0574. The van der Waals surface area contributed by atoms with Crippen molar-refractivity contribution < 1.29 is 15.0 Å². The lowest BCUT2D eigenvalue weighted by molar-refractivity contribution is 0.0691. The Hall–Kier alpha value is -2.35. The molecule has 0 atom stereocenters. The summed E-state index contributed by atoms with van der Waals surface area (Å²) in [5.74, 6) is -1.62. The van der Waals surface area contributed by atoms with Gasteiger partial charge in [-0.05, 0) is 27.1 Å². The van der Waals surface area contributed by atoms with Gasteiger partial charge in [-0.2, -0.15) is 5.10 Å². The van der Waals surface area contributed by atoms with Crippen LogP contribution < -0.4 is 5.56 Å². The van der Waals surface area contributed by atoms with Crippen LogP contribution in [0.15, 0.2) is 10.9 Å². The topological polar surface area (TPSA) is 111 Å². The van der Waals surface area contributed by atoms with Crippen molar-refractivity contribution in [1.82, 2.24) is 19.7 Å². The molecule has 0 aliphatic heterocycles. The second-order valence-corrected chi connectivity index (χ2v) is 4.78. The Kier molecular flexibility index (Phi) is 3.75. The third-order valence-electron chi connectivity index (χ3n) is 2.90. The van der Waals surface area contributed by atoms with Crippen LogP contribution in [0.5, 0.6) is 5.75 Å². The summed E-state index contributed by atoms with van der Waals surface area (Å²) in [6, 6.07) is 0.945. The van der Waals surface area contributed by atoms with Gasteiger partial charge in [-0.25, -0.2) is 9.48 Å². The molecule has 3 N–H and O–H groups in total. The zero-order chi connectivity index (χ0) is 14.9. The molecule has 2 rings (SSSR count). The number of rotatable bonds is 5. The lowest BCUT2D eigenvalue weighted by atomic mass is 10.2. The summed E-state index contributed by atoms with van der Waals surface area (Å²) >= 11 is 0. The number of aromatic nitrogens is 3. The number of fused-ring (bicyclic) bond motifs is 1. The predicted molar refractivity (Wildman–Crippen MR) is 72.1 cm³/mol. The first-order chi connectivity index (χ1) is 9.40. The van der Waals surface area contributed by atoms with E-state index in [0.717, 1.165) is 19.0 Å². The molecule has 0 bridgehead atoms. The summed E-state index contributed by atoms with van der Waals surface area (Å²) in [4.78, 5) is 27.1. The van der Waals surface area contributed by atoms with Gasteiger partial charge in [0.25, 0.3) is 5.56 Å². The molecule has 108 valence electrons. The molecule has 0 saturated heterocycles. The molecular weight excluding hydrogens is 264 g/mol. The predicted octanol–water partition coefficient (Wildman–Crippen LogP) is 0.0801. The lowest BCUT2D eigenvalue weighted by Gasteiger charge is -2.09. The van der Waals surface area contributed by atoms with Crippen molar-refractivity contribution in [2.75, 3.05) is 20.6 Å². The summed E-state index contributed by atoms with van der Waals surface area (Å²) in [6.07, 6.45) is 0.737. The lowest BCUT2D eigenvalue weighted by Crippen LogP contribution is -2.16. The molecule has 0 amide bonds. The van der Waals surface area contributed by atoms with Crippen LogP contribution >= 0.6 is 0 Å². The fraction of sp³-hybridized carbons (Fsp3) is 0.417. The van der Waals surface area contributed by atoms with Gasteiger partial charge in [0.15, 0.2) is 5.69 Å². The second kappa shape index (κ2) is 5.33. The first kappa shape index (κ1) is 14.1. The van der Waals surface area contributed by atoms with E-state index in [1.165, 1.54) is 4.68 Å². The number of pyridine rings is 1. The highest BCUT2D eigenvalue weighted by Crippen LogP contribution is 2.24. The van der Waals surface area contributed by atoms with Gasteiger partial charge in [-0.1, -0.05) is 0 Å². The Balaban J connectivity index is 2.49. The molecule has 0 aliphatic carbocycles. The third kappa shape index (κ3) is 2.64. The van der Waals surface area contributed by atoms with Crippen molar-refractivity contribution in [3.8, 4) is 5.75 Å². The summed E-state index contributed by atoms with van der Waals surface area (Å²) in [5, 5.41) is 22.9. The number of nitrogens with zero attached hydrogens (tertiary/aromatic N) is 3. The van der Waals surface area contributed by atoms with E-state index in [2.05, 4.69) is 10.1 Å². The number of carbonyl (C=O) groups is 1. The van der Waals surface area contributed by atoms with E-state index in [0.29, 0.717) is 6.54 Å². The van der Waals surface area contributed by atoms with Crippen molar-refractivity contribution in [1.29, 1.82) is 0 Å². The van der Waals surface area contributed by atoms with Crippen molar-refractivity contribution in [2.24, 2.45) is 0 Å². The van der Waals surface area contributed by atoms with E-state index >= 15 is 0 Å². The number of nitrogens with one attached hydrogen (secondary N) is 1. The number of aromatic amines is 1. The van der Waals surface area contributed by atoms with Crippen LogP contribution in [0.3, 0.4) is 0 Å². The molecule has 0 radical (unpaired) electrons. The zero-order valence-electron chi connectivity index (χ0n) is 11.3. The smallest absolute Gasteiger partial charge is 0.357 e. The van der Waals surface area contributed by atoms with E-state index in [1.807, 2.05) is 19.0 Å². The summed E-state index contributed by atoms with van der Waals surface area (Å²) in [6.45, 7) is 1.24. The Morgan fingerprint density at radius 3 is 2.80 bits per heavy atom. The molecule has 0 spiro atoms. The van der Waals surface area contributed by atoms with E-state index in [9.17, 15) is 14.7 Å². The standard InChI is InChI=1S/C12H16N4O4/c1-15(2)4-3-5-16-11-9(10(14-16)12(19)20)7(17)6-8(18)13-11/h6H,3-5H2,1-2H3,(H,19,20)(H2,13,17,18). The van der Waals surface area contributed by atoms with Crippen molar-refractivity contribution in [2.45, 2.75) is 13.0 Å². The number of H-pyrrole nitrogens is 1. The quantitative estimate of drug-likeness (QED) is 0.715. The van der Waals surface area contributed by atoms with Crippen LogP contribution in [0.25, 0.3) is 11.0 Å². The monoisotopic (exact) mass is 280 g/mol. The molecule has 2 aromatic rings. The number of hydrogen-bond acceptors (Lipinski definition) is 5. The molecule has 20 heavy (non-hydrogen) atoms. The normalized spacial score (nSPS) is 11.3. The molecule has 0 unspecified atom stereocenters. The third-order valence-corrected chi connectivity index (χ3v) is 2.90. The van der Waals surface area contributed by atoms with Crippen molar-refractivity contribution in [3.05, 3.63) is 22.1 Å². The maximum atomic E-state index is 11.4. The Morgan fingerprint density at radius 2 is 2.20 bits per heavy atom. The summed E-state index contributed by atoms with van der Waals surface area (Å²) in [7, 11) is 3.86. The molecule has 2 aromatic heterocycles. The van der Waals surface area contributed by atoms with Crippen LogP contribution in [0.1, 0.15) is 16.9 Å². The fourth-order valence-corrected chi connectivity index (χ4v) is 2.03. The van der Waals surface area contributed by atoms with E-state index in [1.54, 1.807) is 0 Å². The molecule has 0 aromatic carbocycles. The number of aromatic carboxylic acids is 1. The van der Waals surface area contributed by atoms with Gasteiger partial charge in [-0.3, -0.25) is 4.79 Å². The molecular formula is C12H16N4O4. The summed E-state index contributed by atoms with van der Waals surface area (Å²) < 4.78 is 1.41. The minimum atomic E-state index is -1.25. The van der Waals surface area contributed by atoms with Gasteiger partial charge < -0.3 is 20.1 Å². The first-order valence-corrected chi connectivity index (χ1v) is 6.11. The average Bonchev–Trinajstić information content (AvgIpc) is 2.68. The van der Waals surface area contributed by atoms with Gasteiger partial charge >= 0.3 is 5.97 Å². The van der Waals surface area contributed by atoms with Gasteiger partial charge in [-0.15, -0.1) is 0 Å². The van der Waals surface area contributed by atoms with E-state index in [4.69, 9.17) is 5.11 Å². The highest BCUT2D eigenvalue weighted by Gasteiger charge is 2.20. The Labute approximate surface area is 114 Å². The highest BCUT2D eigenvalue weighted by molar-refractivity contribution is 6.02. The van der Waals surface area contributed by atoms with E-state index < -0.39 is 11.5 Å². The van der Waals surface area contributed by atoms with Gasteiger partial charge in [0, 0.05) is 12.6 Å². The highest BCUT2D eigenvalue weighted by atomic mass is 16.4. The molecule has 8 nitrogen and oxygen atoms in total. The largest absolute Gasteiger partial charge is 0.507 e. The van der Waals surface area contributed by atoms with Crippen LogP contribution in [-0.2, 0) is 6.54 Å². The van der Waals surface area contributed by atoms with Gasteiger partial charge in [0.2, 0.25) is 0 Å². The average molecular weight is 280 g/mol. The second-order valence-electron chi connectivity index (χ2n) is 4.78. The van der Waals surface area contributed by atoms with Crippen LogP contribution in [-0.4, -0.2) is 56.5 Å².